The average molecular weight is 439 g/mol. The normalized spacial score (nSPS) is 11.1. The van der Waals surface area contributed by atoms with Crippen molar-refractivity contribution in [3.8, 4) is 5.75 Å². The summed E-state index contributed by atoms with van der Waals surface area (Å²) in [5.41, 5.74) is 4.27. The van der Waals surface area contributed by atoms with Gasteiger partial charge in [0, 0.05) is 5.56 Å². The zero-order valence-corrected chi connectivity index (χ0v) is 19.1. The summed E-state index contributed by atoms with van der Waals surface area (Å²) < 4.78 is 34.2. The van der Waals surface area contributed by atoms with Crippen molar-refractivity contribution in [1.82, 2.24) is 0 Å². The quantitative estimate of drug-likeness (QED) is 0.568. The molecule has 2 N–H and O–H groups in total. The number of methoxy groups -OCH3 is 1. The van der Waals surface area contributed by atoms with Gasteiger partial charge in [0.05, 0.1) is 23.4 Å². The minimum atomic E-state index is -3.83. The first kappa shape index (κ1) is 22.4. The van der Waals surface area contributed by atoms with Crippen molar-refractivity contribution < 1.29 is 17.9 Å². The van der Waals surface area contributed by atoms with E-state index in [4.69, 9.17) is 4.74 Å². The number of benzene rings is 3. The molecule has 0 spiro atoms. The number of carbonyl (C=O) groups is 1. The van der Waals surface area contributed by atoms with Gasteiger partial charge < -0.3 is 10.1 Å². The lowest BCUT2D eigenvalue weighted by atomic mass is 10.1. The molecule has 162 valence electrons. The maximum absolute atomic E-state index is 13.1. The Hall–Kier alpha value is -3.32. The van der Waals surface area contributed by atoms with E-state index in [9.17, 15) is 13.2 Å². The SMILES string of the molecule is COc1ccccc1NC(=O)c1ccc(C)c(NS(=O)(=O)c2c(C)cc(C)cc2C)c1. The largest absolute Gasteiger partial charge is 0.495 e. The van der Waals surface area contributed by atoms with Crippen LogP contribution in [0, 0.1) is 27.7 Å². The molecule has 0 atom stereocenters. The van der Waals surface area contributed by atoms with Crippen molar-refractivity contribution in [3.05, 3.63) is 82.4 Å². The van der Waals surface area contributed by atoms with E-state index < -0.39 is 10.0 Å². The highest BCUT2D eigenvalue weighted by molar-refractivity contribution is 7.92. The summed E-state index contributed by atoms with van der Waals surface area (Å²) in [6.45, 7) is 7.27. The van der Waals surface area contributed by atoms with Crippen molar-refractivity contribution in [2.75, 3.05) is 17.1 Å². The molecule has 0 saturated heterocycles. The molecule has 0 radical (unpaired) electrons. The Balaban J connectivity index is 1.92. The molecule has 3 aromatic rings. The van der Waals surface area contributed by atoms with Gasteiger partial charge in [-0.1, -0.05) is 35.9 Å². The van der Waals surface area contributed by atoms with Crippen molar-refractivity contribution in [1.29, 1.82) is 0 Å². The van der Waals surface area contributed by atoms with E-state index in [1.807, 2.05) is 25.1 Å². The Morgan fingerprint density at radius 3 is 2.13 bits per heavy atom. The van der Waals surface area contributed by atoms with Crippen molar-refractivity contribution in [3.63, 3.8) is 0 Å². The fourth-order valence-electron chi connectivity index (χ4n) is 3.60. The van der Waals surface area contributed by atoms with Gasteiger partial charge in [0.25, 0.3) is 15.9 Å². The van der Waals surface area contributed by atoms with Crippen LogP contribution in [0.15, 0.2) is 59.5 Å². The number of hydrogen-bond acceptors (Lipinski definition) is 4. The number of hydrogen-bond donors (Lipinski definition) is 2. The van der Waals surface area contributed by atoms with Crippen molar-refractivity contribution in [2.24, 2.45) is 0 Å². The lowest BCUT2D eigenvalue weighted by Crippen LogP contribution is -2.18. The molecule has 0 saturated carbocycles. The molecule has 1 amide bonds. The smallest absolute Gasteiger partial charge is 0.262 e. The number of amides is 1. The second-order valence-electron chi connectivity index (χ2n) is 7.52. The molecule has 0 aromatic heterocycles. The van der Waals surface area contributed by atoms with Crippen LogP contribution in [-0.4, -0.2) is 21.4 Å². The van der Waals surface area contributed by atoms with Gasteiger partial charge in [-0.05, 0) is 68.7 Å². The van der Waals surface area contributed by atoms with Gasteiger partial charge in [-0.15, -0.1) is 0 Å². The molecule has 0 fully saturated rings. The number of aryl methyl sites for hydroxylation is 4. The Bertz CT molecular complexity index is 1230. The number of para-hydroxylation sites is 2. The van der Waals surface area contributed by atoms with Crippen LogP contribution in [0.5, 0.6) is 5.75 Å². The van der Waals surface area contributed by atoms with E-state index in [2.05, 4.69) is 10.0 Å². The first-order valence-electron chi connectivity index (χ1n) is 9.78. The zero-order chi connectivity index (χ0) is 22.8. The van der Waals surface area contributed by atoms with Crippen LogP contribution in [0.2, 0.25) is 0 Å². The highest BCUT2D eigenvalue weighted by atomic mass is 32.2. The third kappa shape index (κ3) is 4.88. The number of nitrogens with one attached hydrogen (secondary N) is 2. The van der Waals surface area contributed by atoms with Crippen LogP contribution in [-0.2, 0) is 10.0 Å². The highest BCUT2D eigenvalue weighted by Crippen LogP contribution is 2.28. The van der Waals surface area contributed by atoms with E-state index in [1.165, 1.54) is 13.2 Å². The molecule has 7 heteroatoms. The molecule has 3 rings (SSSR count). The Morgan fingerprint density at radius 1 is 0.839 bits per heavy atom. The molecule has 0 aliphatic heterocycles. The lowest BCUT2D eigenvalue weighted by Gasteiger charge is -2.16. The third-order valence-electron chi connectivity index (χ3n) is 4.97. The van der Waals surface area contributed by atoms with E-state index in [1.54, 1.807) is 51.1 Å². The molecule has 0 bridgehead atoms. The maximum Gasteiger partial charge on any atom is 0.262 e. The first-order chi connectivity index (χ1) is 14.6. The van der Waals surface area contributed by atoms with Crippen LogP contribution in [0.25, 0.3) is 0 Å². The second-order valence-corrected chi connectivity index (χ2v) is 9.14. The summed E-state index contributed by atoms with van der Waals surface area (Å²) in [5, 5.41) is 2.80. The molecule has 0 unspecified atom stereocenters. The summed E-state index contributed by atoms with van der Waals surface area (Å²) in [7, 11) is -2.30. The highest BCUT2D eigenvalue weighted by Gasteiger charge is 2.21. The summed E-state index contributed by atoms with van der Waals surface area (Å²) in [6, 6.07) is 15.7. The predicted octanol–water partition coefficient (Wildman–Crippen LogP) is 4.98. The molecule has 3 aromatic carbocycles. The van der Waals surface area contributed by atoms with Crippen LogP contribution >= 0.6 is 0 Å². The van der Waals surface area contributed by atoms with Crippen LogP contribution in [0.3, 0.4) is 0 Å². The van der Waals surface area contributed by atoms with Gasteiger partial charge in [0.1, 0.15) is 5.75 Å². The van der Waals surface area contributed by atoms with Crippen LogP contribution in [0.1, 0.15) is 32.6 Å². The Morgan fingerprint density at radius 2 is 1.48 bits per heavy atom. The maximum atomic E-state index is 13.1. The molecule has 0 heterocycles. The second kappa shape index (κ2) is 8.81. The van der Waals surface area contributed by atoms with Gasteiger partial charge >= 0.3 is 0 Å². The first-order valence-corrected chi connectivity index (χ1v) is 11.3. The Kier molecular flexibility index (Phi) is 6.36. The topological polar surface area (TPSA) is 84.5 Å². The Labute approximate surface area is 183 Å². The fraction of sp³-hybridized carbons (Fsp3) is 0.208. The van der Waals surface area contributed by atoms with Crippen molar-refractivity contribution in [2.45, 2.75) is 32.6 Å². The summed E-state index contributed by atoms with van der Waals surface area (Å²) in [4.78, 5) is 13.0. The standard InChI is InChI=1S/C24H26N2O4S/c1-15-12-17(3)23(18(4)13-15)31(28,29)26-21-14-19(11-10-16(21)2)24(27)25-20-8-6-7-9-22(20)30-5/h6-14,26H,1-5H3,(H,25,27). The van der Waals surface area contributed by atoms with Crippen molar-refractivity contribution >= 4 is 27.3 Å². The van der Waals surface area contributed by atoms with Gasteiger partial charge in [-0.3, -0.25) is 9.52 Å². The van der Waals surface area contributed by atoms with E-state index in [0.717, 1.165) is 5.56 Å². The van der Waals surface area contributed by atoms with E-state index >= 15 is 0 Å². The van der Waals surface area contributed by atoms with Crippen LogP contribution in [0.4, 0.5) is 11.4 Å². The van der Waals surface area contributed by atoms with Crippen LogP contribution < -0.4 is 14.8 Å². The molecule has 0 aliphatic rings. The number of anilines is 2. The third-order valence-corrected chi connectivity index (χ3v) is 6.64. The molecule has 0 aliphatic carbocycles. The summed E-state index contributed by atoms with van der Waals surface area (Å²) >= 11 is 0. The molecular weight excluding hydrogens is 412 g/mol. The average Bonchev–Trinajstić information content (AvgIpc) is 2.68. The number of carbonyl (C=O) groups excluding carboxylic acids is 1. The monoisotopic (exact) mass is 438 g/mol. The lowest BCUT2D eigenvalue weighted by molar-refractivity contribution is 0.102. The summed E-state index contributed by atoms with van der Waals surface area (Å²) in [6.07, 6.45) is 0. The minimum absolute atomic E-state index is 0.251. The van der Waals surface area contributed by atoms with Gasteiger partial charge in [0.2, 0.25) is 0 Å². The number of rotatable bonds is 6. The molecule has 6 nitrogen and oxygen atoms in total. The number of sulfonamides is 1. The number of ether oxygens (including phenoxy) is 1. The zero-order valence-electron chi connectivity index (χ0n) is 18.2. The van der Waals surface area contributed by atoms with E-state index in [-0.39, 0.29) is 10.8 Å². The van der Waals surface area contributed by atoms with Gasteiger partial charge in [0.15, 0.2) is 0 Å². The fourth-order valence-corrected chi connectivity index (χ4v) is 5.18. The van der Waals surface area contributed by atoms with E-state index in [0.29, 0.717) is 39.4 Å². The minimum Gasteiger partial charge on any atom is -0.495 e. The summed E-state index contributed by atoms with van der Waals surface area (Å²) in [5.74, 6) is 0.168. The van der Waals surface area contributed by atoms with Gasteiger partial charge in [-0.25, -0.2) is 8.42 Å². The molecular formula is C24H26N2O4S. The predicted molar refractivity (Wildman–Crippen MR) is 124 cm³/mol. The molecule has 31 heavy (non-hydrogen) atoms. The van der Waals surface area contributed by atoms with Gasteiger partial charge in [-0.2, -0.15) is 0 Å².